The maximum absolute atomic E-state index is 12.4. The molecule has 8 heteroatoms. The zero-order chi connectivity index (χ0) is 18.4. The molecular weight excluding hydrogens is 362 g/mol. The molecule has 1 amide bonds. The quantitative estimate of drug-likeness (QED) is 0.618. The molecule has 2 aromatic rings. The smallest absolute Gasteiger partial charge is 0.255 e. The number of amides is 1. The normalized spacial score (nSPS) is 11.8. The first kappa shape index (κ1) is 19.1. The molecule has 0 aromatic heterocycles. The van der Waals surface area contributed by atoms with Crippen LogP contribution in [0.25, 0.3) is 0 Å². The van der Waals surface area contributed by atoms with Gasteiger partial charge in [-0.15, -0.1) is 0 Å². The number of nitrogens with zero attached hydrogens (tertiary/aromatic N) is 2. The number of hydrogen-bond donors (Lipinski definition) is 1. The molecule has 0 saturated carbocycles. The molecule has 0 aliphatic heterocycles. The maximum atomic E-state index is 12.4. The number of halogens is 1. The summed E-state index contributed by atoms with van der Waals surface area (Å²) in [7, 11) is -2.44. The number of likely N-dealkylation sites (N-methyl/N-ethyl adjacent to an activating group) is 1. The zero-order valence-electron chi connectivity index (χ0n) is 13.8. The number of aryl methyl sites for hydroxylation is 1. The van der Waals surface area contributed by atoms with Crippen molar-refractivity contribution in [3.8, 4) is 0 Å². The molecule has 25 heavy (non-hydrogen) atoms. The molecule has 0 aliphatic rings. The second-order valence-corrected chi connectivity index (χ2v) is 7.85. The lowest BCUT2D eigenvalue weighted by molar-refractivity contribution is -0.121. The summed E-state index contributed by atoms with van der Waals surface area (Å²) in [6.07, 6.45) is 1.51. The van der Waals surface area contributed by atoms with Crippen molar-refractivity contribution in [1.82, 2.24) is 9.73 Å². The Labute approximate surface area is 152 Å². The molecule has 0 heterocycles. The lowest BCUT2D eigenvalue weighted by Crippen LogP contribution is -2.36. The number of hydrogen-bond acceptors (Lipinski definition) is 4. The first-order valence-corrected chi connectivity index (χ1v) is 9.22. The lowest BCUT2D eigenvalue weighted by Gasteiger charge is -2.16. The van der Waals surface area contributed by atoms with E-state index in [0.717, 1.165) is 15.4 Å². The number of rotatable bonds is 6. The second-order valence-electron chi connectivity index (χ2n) is 5.36. The topological polar surface area (TPSA) is 78.8 Å². The van der Waals surface area contributed by atoms with Gasteiger partial charge in [0.2, 0.25) is 10.0 Å². The average Bonchev–Trinajstić information content (AvgIpc) is 2.57. The van der Waals surface area contributed by atoms with Crippen molar-refractivity contribution in [3.63, 3.8) is 0 Å². The number of benzene rings is 2. The van der Waals surface area contributed by atoms with Crippen molar-refractivity contribution in [2.45, 2.75) is 11.8 Å². The third-order valence-electron chi connectivity index (χ3n) is 3.47. The van der Waals surface area contributed by atoms with E-state index in [1.807, 2.05) is 31.2 Å². The van der Waals surface area contributed by atoms with Crippen LogP contribution in [0.3, 0.4) is 0 Å². The summed E-state index contributed by atoms with van der Waals surface area (Å²) in [5.41, 5.74) is 4.21. The predicted octanol–water partition coefficient (Wildman–Crippen LogP) is 2.42. The molecule has 0 radical (unpaired) electrons. The van der Waals surface area contributed by atoms with E-state index in [1.54, 1.807) is 0 Å². The van der Waals surface area contributed by atoms with Crippen LogP contribution < -0.4 is 5.43 Å². The van der Waals surface area contributed by atoms with Crippen LogP contribution in [0.4, 0.5) is 0 Å². The van der Waals surface area contributed by atoms with Crippen molar-refractivity contribution < 1.29 is 13.2 Å². The van der Waals surface area contributed by atoms with Gasteiger partial charge in [0, 0.05) is 12.1 Å². The first-order valence-electron chi connectivity index (χ1n) is 7.40. The molecule has 0 bridgehead atoms. The molecule has 0 fully saturated rings. The second kappa shape index (κ2) is 8.24. The summed E-state index contributed by atoms with van der Waals surface area (Å²) in [5, 5.41) is 4.29. The predicted molar refractivity (Wildman–Crippen MR) is 98.2 cm³/mol. The summed E-state index contributed by atoms with van der Waals surface area (Å²) in [6.45, 7) is 1.58. The molecule has 0 spiro atoms. The minimum Gasteiger partial charge on any atom is -0.272 e. The van der Waals surface area contributed by atoms with Gasteiger partial charge in [0.25, 0.3) is 5.91 Å². The highest BCUT2D eigenvalue weighted by Crippen LogP contribution is 2.17. The fourth-order valence-electron chi connectivity index (χ4n) is 2.01. The largest absolute Gasteiger partial charge is 0.272 e. The molecule has 6 nitrogen and oxygen atoms in total. The fraction of sp³-hybridized carbons (Fsp3) is 0.176. The van der Waals surface area contributed by atoms with Crippen LogP contribution in [-0.2, 0) is 14.8 Å². The Hall–Kier alpha value is -2.22. The maximum Gasteiger partial charge on any atom is 0.255 e. The van der Waals surface area contributed by atoms with Crippen LogP contribution in [0.2, 0.25) is 5.02 Å². The van der Waals surface area contributed by atoms with Gasteiger partial charge in [0.05, 0.1) is 17.7 Å². The summed E-state index contributed by atoms with van der Waals surface area (Å²) in [4.78, 5) is 12.0. The van der Waals surface area contributed by atoms with E-state index in [2.05, 4.69) is 10.5 Å². The molecule has 132 valence electrons. The van der Waals surface area contributed by atoms with Gasteiger partial charge in [-0.25, -0.2) is 13.8 Å². The van der Waals surface area contributed by atoms with Gasteiger partial charge < -0.3 is 0 Å². The Bertz CT molecular complexity index is 880. The van der Waals surface area contributed by atoms with Gasteiger partial charge in [0.1, 0.15) is 0 Å². The molecule has 0 aliphatic carbocycles. The highest BCUT2D eigenvalue weighted by atomic mass is 35.5. The first-order chi connectivity index (χ1) is 11.8. The van der Waals surface area contributed by atoms with Gasteiger partial charge in [-0.2, -0.15) is 9.41 Å². The monoisotopic (exact) mass is 379 g/mol. The third kappa shape index (κ3) is 5.12. The Morgan fingerprint density at radius 1 is 1.20 bits per heavy atom. The third-order valence-corrected chi connectivity index (χ3v) is 5.54. The SMILES string of the molecule is Cc1ccccc1/C=N\NC(=O)CN(C)S(=O)(=O)c1ccc(Cl)cc1. The van der Waals surface area contributed by atoms with Gasteiger partial charge in [-0.05, 0) is 42.3 Å². The lowest BCUT2D eigenvalue weighted by atomic mass is 10.1. The Morgan fingerprint density at radius 2 is 1.84 bits per heavy atom. The van der Waals surface area contributed by atoms with E-state index in [4.69, 9.17) is 11.6 Å². The van der Waals surface area contributed by atoms with Crippen LogP contribution in [0.5, 0.6) is 0 Å². The molecule has 1 N–H and O–H groups in total. The van der Waals surface area contributed by atoms with E-state index >= 15 is 0 Å². The van der Waals surface area contributed by atoms with Gasteiger partial charge in [-0.3, -0.25) is 4.79 Å². The average molecular weight is 380 g/mol. The standard InChI is InChI=1S/C17H18ClN3O3S/c1-13-5-3-4-6-14(13)11-19-20-17(22)12-21(2)25(23,24)16-9-7-15(18)8-10-16/h3-11H,12H2,1-2H3,(H,20,22)/b19-11-. The number of carbonyl (C=O) groups excluding carboxylic acids is 1. The van der Waals surface area contributed by atoms with Gasteiger partial charge >= 0.3 is 0 Å². The van der Waals surface area contributed by atoms with Gasteiger partial charge in [0.15, 0.2) is 0 Å². The highest BCUT2D eigenvalue weighted by molar-refractivity contribution is 7.89. The van der Waals surface area contributed by atoms with Crippen molar-refractivity contribution in [3.05, 3.63) is 64.7 Å². The minimum atomic E-state index is -3.77. The van der Waals surface area contributed by atoms with E-state index in [1.165, 1.54) is 37.5 Å². The van der Waals surface area contributed by atoms with Crippen molar-refractivity contribution >= 4 is 33.7 Å². The number of carbonyl (C=O) groups is 1. The summed E-state index contributed by atoms with van der Waals surface area (Å²) in [6, 6.07) is 13.3. The fourth-order valence-corrected chi connectivity index (χ4v) is 3.27. The van der Waals surface area contributed by atoms with Crippen molar-refractivity contribution in [2.75, 3.05) is 13.6 Å². The Kier molecular flexibility index (Phi) is 6.30. The van der Waals surface area contributed by atoms with E-state index < -0.39 is 15.9 Å². The van der Waals surface area contributed by atoms with Crippen LogP contribution in [0, 0.1) is 6.92 Å². The molecule has 2 aromatic carbocycles. The highest BCUT2D eigenvalue weighted by Gasteiger charge is 2.22. The molecule has 0 unspecified atom stereocenters. The van der Waals surface area contributed by atoms with Crippen molar-refractivity contribution in [2.24, 2.45) is 5.10 Å². The summed E-state index contributed by atoms with van der Waals surface area (Å²) < 4.78 is 25.7. The Morgan fingerprint density at radius 3 is 2.48 bits per heavy atom. The van der Waals surface area contributed by atoms with Crippen LogP contribution in [0.15, 0.2) is 58.5 Å². The van der Waals surface area contributed by atoms with E-state index in [0.29, 0.717) is 5.02 Å². The van der Waals surface area contributed by atoms with Crippen molar-refractivity contribution in [1.29, 1.82) is 0 Å². The van der Waals surface area contributed by atoms with Crippen LogP contribution in [0.1, 0.15) is 11.1 Å². The molecule has 2 rings (SSSR count). The van der Waals surface area contributed by atoms with Crippen LogP contribution in [-0.4, -0.2) is 38.4 Å². The van der Waals surface area contributed by atoms with Gasteiger partial charge in [-0.1, -0.05) is 35.9 Å². The molecule has 0 saturated heterocycles. The zero-order valence-corrected chi connectivity index (χ0v) is 15.4. The van der Waals surface area contributed by atoms with Crippen LogP contribution >= 0.6 is 11.6 Å². The number of hydrazone groups is 1. The Balaban J connectivity index is 1.97. The summed E-state index contributed by atoms with van der Waals surface area (Å²) >= 11 is 5.76. The minimum absolute atomic E-state index is 0.0654. The number of nitrogens with one attached hydrogen (secondary N) is 1. The molecule has 0 atom stereocenters. The summed E-state index contributed by atoms with van der Waals surface area (Å²) in [5.74, 6) is -0.537. The molecular formula is C17H18ClN3O3S. The number of sulfonamides is 1. The van der Waals surface area contributed by atoms with E-state index in [-0.39, 0.29) is 11.4 Å². The van der Waals surface area contributed by atoms with E-state index in [9.17, 15) is 13.2 Å².